The first-order chi connectivity index (χ1) is 8.46. The first-order valence-corrected chi connectivity index (χ1v) is 8.06. The lowest BCUT2D eigenvalue weighted by atomic mass is 10.1. The summed E-state index contributed by atoms with van der Waals surface area (Å²) in [5, 5.41) is 3.74. The summed E-state index contributed by atoms with van der Waals surface area (Å²) in [6.07, 6.45) is 0. The Morgan fingerprint density at radius 1 is 1.28 bits per heavy atom. The normalized spacial score (nSPS) is 29.2. The summed E-state index contributed by atoms with van der Waals surface area (Å²) in [7, 11) is -2.94. The molecule has 1 aromatic rings. The van der Waals surface area contributed by atoms with Crippen LogP contribution >= 0.6 is 12.2 Å². The van der Waals surface area contributed by atoms with E-state index in [-0.39, 0.29) is 23.6 Å². The van der Waals surface area contributed by atoms with E-state index in [9.17, 15) is 8.42 Å². The molecule has 1 N–H and O–H groups in total. The van der Waals surface area contributed by atoms with Crippen molar-refractivity contribution in [2.75, 3.05) is 16.4 Å². The molecule has 0 aromatic heterocycles. The number of anilines is 1. The number of benzene rings is 1. The van der Waals surface area contributed by atoms with Crippen LogP contribution in [0.5, 0.6) is 0 Å². The predicted molar refractivity (Wildman–Crippen MR) is 75.6 cm³/mol. The van der Waals surface area contributed by atoms with E-state index in [0.717, 1.165) is 5.69 Å². The Balaban J connectivity index is 1.96. The molecular weight excluding hydrogens is 268 g/mol. The van der Waals surface area contributed by atoms with Crippen molar-refractivity contribution in [3.63, 3.8) is 0 Å². The Morgan fingerprint density at radius 3 is 2.61 bits per heavy atom. The molecule has 2 heterocycles. The van der Waals surface area contributed by atoms with Gasteiger partial charge in [0.2, 0.25) is 0 Å². The van der Waals surface area contributed by atoms with Crippen LogP contribution in [0.4, 0.5) is 5.69 Å². The third kappa shape index (κ3) is 1.89. The summed E-state index contributed by atoms with van der Waals surface area (Å²) in [6.45, 7) is 2.02. The summed E-state index contributed by atoms with van der Waals surface area (Å²) >= 11 is 5.30. The van der Waals surface area contributed by atoms with Gasteiger partial charge in [-0.2, -0.15) is 0 Å². The van der Waals surface area contributed by atoms with Crippen molar-refractivity contribution >= 4 is 32.9 Å². The van der Waals surface area contributed by atoms with E-state index < -0.39 is 9.84 Å². The van der Waals surface area contributed by atoms with Gasteiger partial charge in [-0.1, -0.05) is 17.7 Å². The Labute approximate surface area is 112 Å². The fourth-order valence-electron chi connectivity index (χ4n) is 2.61. The van der Waals surface area contributed by atoms with Crippen molar-refractivity contribution in [2.45, 2.75) is 19.0 Å². The van der Waals surface area contributed by atoms with Crippen molar-refractivity contribution < 1.29 is 8.42 Å². The van der Waals surface area contributed by atoms with Crippen molar-refractivity contribution in [2.24, 2.45) is 0 Å². The van der Waals surface area contributed by atoms with Crippen LogP contribution in [0, 0.1) is 6.92 Å². The molecule has 0 spiro atoms. The number of fused-ring (bicyclic) bond motifs is 1. The number of rotatable bonds is 1. The number of hydrogen-bond donors (Lipinski definition) is 1. The maximum Gasteiger partial charge on any atom is 0.174 e. The smallest absolute Gasteiger partial charge is 0.174 e. The van der Waals surface area contributed by atoms with Crippen LogP contribution in [0.3, 0.4) is 0 Å². The topological polar surface area (TPSA) is 49.4 Å². The third-order valence-electron chi connectivity index (χ3n) is 3.49. The molecule has 3 rings (SSSR count). The minimum absolute atomic E-state index is 0.0646. The van der Waals surface area contributed by atoms with Crippen LogP contribution in [-0.2, 0) is 9.84 Å². The van der Waals surface area contributed by atoms with Gasteiger partial charge >= 0.3 is 0 Å². The highest BCUT2D eigenvalue weighted by Gasteiger charge is 2.47. The molecule has 2 aliphatic rings. The number of thiocarbonyl (C=S) groups is 1. The quantitative estimate of drug-likeness (QED) is 0.774. The first-order valence-electron chi connectivity index (χ1n) is 5.83. The third-order valence-corrected chi connectivity index (χ3v) is 5.53. The van der Waals surface area contributed by atoms with Gasteiger partial charge in [0, 0.05) is 5.69 Å². The summed E-state index contributed by atoms with van der Waals surface area (Å²) in [5.74, 6) is 0.360. The molecule has 1 aromatic carbocycles. The van der Waals surface area contributed by atoms with E-state index in [1.165, 1.54) is 5.56 Å². The van der Waals surface area contributed by atoms with Gasteiger partial charge in [0.05, 0.1) is 23.6 Å². The summed E-state index contributed by atoms with van der Waals surface area (Å²) in [6, 6.07) is 7.85. The van der Waals surface area contributed by atoms with Gasteiger partial charge in [0.25, 0.3) is 0 Å². The standard InChI is InChI=1S/C12H14N2O2S2/c1-8-2-4-9(5-3-8)14-11-7-18(15,16)6-10(11)13-12(14)17/h2-5,10-11H,6-7H2,1H3,(H,13,17). The van der Waals surface area contributed by atoms with E-state index in [4.69, 9.17) is 12.2 Å². The van der Waals surface area contributed by atoms with E-state index in [1.807, 2.05) is 36.1 Å². The van der Waals surface area contributed by atoms with Crippen LogP contribution in [0.25, 0.3) is 0 Å². The molecule has 2 aliphatic heterocycles. The van der Waals surface area contributed by atoms with Crippen LogP contribution in [0.1, 0.15) is 5.56 Å². The van der Waals surface area contributed by atoms with Gasteiger partial charge in [-0.15, -0.1) is 0 Å². The van der Waals surface area contributed by atoms with Crippen LogP contribution in [-0.4, -0.2) is 37.1 Å². The molecule has 2 saturated heterocycles. The molecular formula is C12H14N2O2S2. The second-order valence-electron chi connectivity index (χ2n) is 4.91. The summed E-state index contributed by atoms with van der Waals surface area (Å²) in [5.41, 5.74) is 2.13. The lowest BCUT2D eigenvalue weighted by Crippen LogP contribution is -2.36. The molecule has 0 amide bonds. The Morgan fingerprint density at radius 2 is 1.94 bits per heavy atom. The molecule has 0 bridgehead atoms. The van der Waals surface area contributed by atoms with Gasteiger partial charge in [-0.3, -0.25) is 0 Å². The number of nitrogens with one attached hydrogen (secondary N) is 1. The highest BCUT2D eigenvalue weighted by Crippen LogP contribution is 2.29. The zero-order valence-corrected chi connectivity index (χ0v) is 11.6. The van der Waals surface area contributed by atoms with Crippen molar-refractivity contribution in [3.8, 4) is 0 Å². The maximum absolute atomic E-state index is 11.7. The molecule has 2 fully saturated rings. The van der Waals surface area contributed by atoms with Gasteiger partial charge in [0.15, 0.2) is 14.9 Å². The first kappa shape index (κ1) is 11.9. The average Bonchev–Trinajstić information content (AvgIpc) is 2.70. The van der Waals surface area contributed by atoms with Gasteiger partial charge < -0.3 is 10.2 Å². The lowest BCUT2D eigenvalue weighted by molar-refractivity contribution is 0.600. The fourth-order valence-corrected chi connectivity index (χ4v) is 4.90. The van der Waals surface area contributed by atoms with Crippen LogP contribution in [0.2, 0.25) is 0 Å². The van der Waals surface area contributed by atoms with Crippen molar-refractivity contribution in [1.29, 1.82) is 0 Å². The monoisotopic (exact) mass is 282 g/mol. The molecule has 0 aliphatic carbocycles. The van der Waals surface area contributed by atoms with E-state index >= 15 is 0 Å². The largest absolute Gasteiger partial charge is 0.356 e. The van der Waals surface area contributed by atoms with Crippen molar-refractivity contribution in [3.05, 3.63) is 29.8 Å². The Bertz CT molecular complexity index is 595. The Kier molecular flexibility index (Phi) is 2.60. The number of aryl methyl sites for hydroxylation is 1. The van der Waals surface area contributed by atoms with E-state index in [1.54, 1.807) is 0 Å². The summed E-state index contributed by atoms with van der Waals surface area (Å²) in [4.78, 5) is 1.93. The predicted octanol–water partition coefficient (Wildman–Crippen LogP) is 0.855. The van der Waals surface area contributed by atoms with E-state index in [0.29, 0.717) is 5.11 Å². The molecule has 6 heteroatoms. The second-order valence-corrected chi connectivity index (χ2v) is 7.45. The molecule has 4 nitrogen and oxygen atoms in total. The minimum Gasteiger partial charge on any atom is -0.356 e. The molecule has 96 valence electrons. The number of hydrogen-bond acceptors (Lipinski definition) is 3. The lowest BCUT2D eigenvalue weighted by Gasteiger charge is -2.23. The molecule has 0 saturated carbocycles. The number of nitrogens with zero attached hydrogens (tertiary/aromatic N) is 1. The minimum atomic E-state index is -2.94. The summed E-state index contributed by atoms with van der Waals surface area (Å²) < 4.78 is 23.3. The van der Waals surface area contributed by atoms with Gasteiger partial charge in [-0.05, 0) is 31.3 Å². The average molecular weight is 282 g/mol. The fraction of sp³-hybridized carbons (Fsp3) is 0.417. The van der Waals surface area contributed by atoms with Gasteiger partial charge in [-0.25, -0.2) is 8.42 Å². The molecule has 2 atom stereocenters. The Hall–Kier alpha value is -1.14. The van der Waals surface area contributed by atoms with Gasteiger partial charge in [0.1, 0.15) is 0 Å². The van der Waals surface area contributed by atoms with Crippen LogP contribution < -0.4 is 10.2 Å². The molecule has 18 heavy (non-hydrogen) atoms. The highest BCUT2D eigenvalue weighted by molar-refractivity contribution is 7.91. The van der Waals surface area contributed by atoms with E-state index in [2.05, 4.69) is 5.32 Å². The maximum atomic E-state index is 11.7. The van der Waals surface area contributed by atoms with Crippen molar-refractivity contribution in [1.82, 2.24) is 5.32 Å². The zero-order chi connectivity index (χ0) is 12.9. The molecule has 2 unspecified atom stereocenters. The second kappa shape index (κ2) is 3.93. The SMILES string of the molecule is Cc1ccc(N2C(=S)NC3CS(=O)(=O)CC32)cc1. The molecule has 0 radical (unpaired) electrons. The zero-order valence-electron chi connectivity index (χ0n) is 9.96. The van der Waals surface area contributed by atoms with Crippen LogP contribution in [0.15, 0.2) is 24.3 Å². The highest BCUT2D eigenvalue weighted by atomic mass is 32.2. The number of sulfone groups is 1.